The number of nitrogens with two attached hydrogens (primary N) is 1. The van der Waals surface area contributed by atoms with Crippen LogP contribution >= 0.6 is 11.8 Å². The highest BCUT2D eigenvalue weighted by molar-refractivity contribution is 8.00. The van der Waals surface area contributed by atoms with Gasteiger partial charge in [-0.1, -0.05) is 17.8 Å². The van der Waals surface area contributed by atoms with Crippen LogP contribution in [0.2, 0.25) is 0 Å². The van der Waals surface area contributed by atoms with Gasteiger partial charge in [0, 0.05) is 23.8 Å². The highest BCUT2D eigenvalue weighted by atomic mass is 32.2. The summed E-state index contributed by atoms with van der Waals surface area (Å²) >= 11 is 1.32. The Hall–Kier alpha value is -2.08. The van der Waals surface area contributed by atoms with Gasteiger partial charge in [0.05, 0.1) is 5.25 Å². The Morgan fingerprint density at radius 3 is 2.70 bits per heavy atom. The SMILES string of the molecule is Cc1c(N)cccc1NC(=O)C(C)Sc1ncccn1. The van der Waals surface area contributed by atoms with Gasteiger partial charge in [-0.05, 0) is 37.6 Å². The second-order valence-corrected chi connectivity index (χ2v) is 5.61. The Balaban J connectivity index is 2.03. The molecule has 1 amide bonds. The minimum Gasteiger partial charge on any atom is -0.398 e. The van der Waals surface area contributed by atoms with Crippen molar-refractivity contribution in [2.45, 2.75) is 24.3 Å². The lowest BCUT2D eigenvalue weighted by Crippen LogP contribution is -2.23. The number of rotatable bonds is 4. The summed E-state index contributed by atoms with van der Waals surface area (Å²) in [6, 6.07) is 7.20. The predicted molar refractivity (Wildman–Crippen MR) is 81.6 cm³/mol. The molecule has 2 aromatic rings. The normalized spacial score (nSPS) is 11.9. The molecule has 0 aliphatic rings. The molecule has 3 N–H and O–H groups in total. The van der Waals surface area contributed by atoms with Gasteiger partial charge in [0.25, 0.3) is 0 Å². The van der Waals surface area contributed by atoms with E-state index in [1.807, 2.05) is 26.0 Å². The molecule has 0 aliphatic heterocycles. The summed E-state index contributed by atoms with van der Waals surface area (Å²) in [5.74, 6) is -0.101. The average Bonchev–Trinajstić information content (AvgIpc) is 2.45. The fourth-order valence-corrected chi connectivity index (χ4v) is 2.31. The summed E-state index contributed by atoms with van der Waals surface area (Å²) in [6.07, 6.45) is 3.31. The smallest absolute Gasteiger partial charge is 0.237 e. The van der Waals surface area contributed by atoms with Crippen LogP contribution in [0.1, 0.15) is 12.5 Å². The second-order valence-electron chi connectivity index (χ2n) is 4.30. The number of hydrogen-bond donors (Lipinski definition) is 2. The number of carbonyl (C=O) groups is 1. The molecule has 20 heavy (non-hydrogen) atoms. The van der Waals surface area contributed by atoms with Crippen LogP contribution in [0.3, 0.4) is 0 Å². The van der Waals surface area contributed by atoms with E-state index in [0.717, 1.165) is 11.3 Å². The van der Waals surface area contributed by atoms with Crippen molar-refractivity contribution >= 4 is 29.0 Å². The van der Waals surface area contributed by atoms with E-state index >= 15 is 0 Å². The van der Waals surface area contributed by atoms with E-state index in [1.165, 1.54) is 11.8 Å². The Labute approximate surface area is 122 Å². The minimum atomic E-state index is -0.293. The largest absolute Gasteiger partial charge is 0.398 e. The Bertz CT molecular complexity index is 603. The van der Waals surface area contributed by atoms with Gasteiger partial charge in [-0.3, -0.25) is 4.79 Å². The molecule has 6 heteroatoms. The average molecular weight is 288 g/mol. The van der Waals surface area contributed by atoms with Crippen molar-refractivity contribution in [2.75, 3.05) is 11.1 Å². The third-order valence-electron chi connectivity index (χ3n) is 2.83. The van der Waals surface area contributed by atoms with E-state index in [-0.39, 0.29) is 11.2 Å². The monoisotopic (exact) mass is 288 g/mol. The van der Waals surface area contributed by atoms with Crippen LogP contribution in [-0.4, -0.2) is 21.1 Å². The molecule has 1 heterocycles. The van der Waals surface area contributed by atoms with Crippen molar-refractivity contribution in [3.63, 3.8) is 0 Å². The van der Waals surface area contributed by atoms with E-state index in [1.54, 1.807) is 24.5 Å². The molecule has 0 bridgehead atoms. The van der Waals surface area contributed by atoms with E-state index in [0.29, 0.717) is 10.8 Å². The van der Waals surface area contributed by atoms with Crippen molar-refractivity contribution in [3.8, 4) is 0 Å². The molecule has 2 rings (SSSR count). The van der Waals surface area contributed by atoms with Gasteiger partial charge in [-0.25, -0.2) is 9.97 Å². The topological polar surface area (TPSA) is 80.9 Å². The maximum absolute atomic E-state index is 12.2. The molecule has 0 fully saturated rings. The highest BCUT2D eigenvalue weighted by Crippen LogP contribution is 2.23. The van der Waals surface area contributed by atoms with E-state index < -0.39 is 0 Å². The van der Waals surface area contributed by atoms with Crippen molar-refractivity contribution in [1.29, 1.82) is 0 Å². The molecule has 0 aliphatic carbocycles. The van der Waals surface area contributed by atoms with Crippen LogP contribution < -0.4 is 11.1 Å². The van der Waals surface area contributed by atoms with Crippen molar-refractivity contribution in [1.82, 2.24) is 9.97 Å². The fourth-order valence-electron chi connectivity index (χ4n) is 1.58. The summed E-state index contributed by atoms with van der Waals surface area (Å²) in [7, 11) is 0. The van der Waals surface area contributed by atoms with Gasteiger partial charge >= 0.3 is 0 Å². The Morgan fingerprint density at radius 1 is 1.30 bits per heavy atom. The maximum atomic E-state index is 12.2. The van der Waals surface area contributed by atoms with Crippen LogP contribution in [-0.2, 0) is 4.79 Å². The number of benzene rings is 1. The van der Waals surface area contributed by atoms with Crippen LogP contribution in [0.15, 0.2) is 41.8 Å². The van der Waals surface area contributed by atoms with Crippen LogP contribution in [0.5, 0.6) is 0 Å². The maximum Gasteiger partial charge on any atom is 0.237 e. The van der Waals surface area contributed by atoms with Crippen LogP contribution in [0, 0.1) is 6.92 Å². The number of nitrogens with one attached hydrogen (secondary N) is 1. The first-order valence-corrected chi connectivity index (χ1v) is 7.05. The van der Waals surface area contributed by atoms with E-state index in [9.17, 15) is 4.79 Å². The Morgan fingerprint density at radius 2 is 2.00 bits per heavy atom. The van der Waals surface area contributed by atoms with Gasteiger partial charge in [0.2, 0.25) is 5.91 Å². The number of amides is 1. The fraction of sp³-hybridized carbons (Fsp3) is 0.214. The third kappa shape index (κ3) is 3.48. The predicted octanol–water partition coefficient (Wildman–Crippen LogP) is 2.49. The lowest BCUT2D eigenvalue weighted by molar-refractivity contribution is -0.115. The van der Waals surface area contributed by atoms with Gasteiger partial charge in [0.1, 0.15) is 0 Å². The summed E-state index contributed by atoms with van der Waals surface area (Å²) in [4.78, 5) is 20.3. The molecule has 0 spiro atoms. The molecule has 5 nitrogen and oxygen atoms in total. The Kier molecular flexibility index (Phi) is 4.57. The second kappa shape index (κ2) is 6.38. The molecule has 1 aromatic heterocycles. The zero-order valence-electron chi connectivity index (χ0n) is 11.3. The standard InChI is InChI=1S/C14H16N4OS/c1-9-11(15)5-3-6-12(9)18-13(19)10(2)20-14-16-7-4-8-17-14/h3-8,10H,15H2,1-2H3,(H,18,19). The van der Waals surface area contributed by atoms with Crippen LogP contribution in [0.4, 0.5) is 11.4 Å². The number of aromatic nitrogens is 2. The quantitative estimate of drug-likeness (QED) is 0.513. The highest BCUT2D eigenvalue weighted by Gasteiger charge is 2.16. The first kappa shape index (κ1) is 14.3. The number of nitrogen functional groups attached to an aromatic ring is 1. The van der Waals surface area contributed by atoms with Crippen molar-refractivity contribution in [3.05, 3.63) is 42.2 Å². The summed E-state index contributed by atoms with van der Waals surface area (Å²) in [5, 5.41) is 3.17. The molecule has 1 aromatic carbocycles. The lowest BCUT2D eigenvalue weighted by atomic mass is 10.1. The molecule has 0 saturated carbocycles. The van der Waals surface area contributed by atoms with Gasteiger partial charge in [0.15, 0.2) is 5.16 Å². The summed E-state index contributed by atoms with van der Waals surface area (Å²) in [5.41, 5.74) is 8.08. The van der Waals surface area contributed by atoms with Gasteiger partial charge < -0.3 is 11.1 Å². The van der Waals surface area contributed by atoms with E-state index in [4.69, 9.17) is 5.73 Å². The third-order valence-corrected chi connectivity index (χ3v) is 3.82. The lowest BCUT2D eigenvalue weighted by Gasteiger charge is -2.13. The number of thioether (sulfide) groups is 1. The summed E-state index contributed by atoms with van der Waals surface area (Å²) < 4.78 is 0. The van der Waals surface area contributed by atoms with E-state index in [2.05, 4.69) is 15.3 Å². The molecule has 104 valence electrons. The zero-order chi connectivity index (χ0) is 14.5. The molecule has 1 unspecified atom stereocenters. The zero-order valence-corrected chi connectivity index (χ0v) is 12.1. The minimum absolute atomic E-state index is 0.101. The molecule has 1 atom stereocenters. The molecular formula is C14H16N4OS. The number of nitrogens with zero attached hydrogens (tertiary/aromatic N) is 2. The first-order valence-electron chi connectivity index (χ1n) is 6.17. The van der Waals surface area contributed by atoms with Gasteiger partial charge in [-0.15, -0.1) is 0 Å². The summed E-state index contributed by atoms with van der Waals surface area (Å²) in [6.45, 7) is 3.70. The molecule has 0 saturated heterocycles. The molecule has 0 radical (unpaired) electrons. The number of hydrogen-bond acceptors (Lipinski definition) is 5. The number of anilines is 2. The van der Waals surface area contributed by atoms with Crippen molar-refractivity contribution in [2.24, 2.45) is 0 Å². The van der Waals surface area contributed by atoms with Gasteiger partial charge in [-0.2, -0.15) is 0 Å². The number of carbonyl (C=O) groups excluding carboxylic acids is 1. The first-order chi connectivity index (χ1) is 9.58. The van der Waals surface area contributed by atoms with Crippen molar-refractivity contribution < 1.29 is 4.79 Å². The van der Waals surface area contributed by atoms with Crippen LogP contribution in [0.25, 0.3) is 0 Å². The molecular weight excluding hydrogens is 272 g/mol.